The van der Waals surface area contributed by atoms with Crippen LogP contribution in [0.2, 0.25) is 0 Å². The molecule has 2 N–H and O–H groups in total. The van der Waals surface area contributed by atoms with Gasteiger partial charge in [-0.05, 0) is 32.9 Å². The third-order valence-electron chi connectivity index (χ3n) is 3.10. The first-order valence-corrected chi connectivity index (χ1v) is 7.46. The van der Waals surface area contributed by atoms with Gasteiger partial charge in [-0.2, -0.15) is 5.10 Å². The van der Waals surface area contributed by atoms with Gasteiger partial charge in [0.05, 0.1) is 18.4 Å². The summed E-state index contributed by atoms with van der Waals surface area (Å²) in [6.07, 6.45) is 2.97. The molecule has 2 aromatic rings. The average Bonchev–Trinajstić information content (AvgIpc) is 2.96. The van der Waals surface area contributed by atoms with Gasteiger partial charge in [-0.15, -0.1) is 0 Å². The predicted molar refractivity (Wildman–Crippen MR) is 86.1 cm³/mol. The Morgan fingerprint density at radius 2 is 2.09 bits per heavy atom. The van der Waals surface area contributed by atoms with Crippen molar-refractivity contribution in [3.8, 4) is 5.75 Å². The highest BCUT2D eigenvalue weighted by molar-refractivity contribution is 5.88. The van der Waals surface area contributed by atoms with Crippen LogP contribution in [0.5, 0.6) is 5.75 Å². The third-order valence-corrected chi connectivity index (χ3v) is 3.10. The van der Waals surface area contributed by atoms with Crippen LogP contribution in [0.1, 0.15) is 26.8 Å². The molecule has 0 aliphatic rings. The Labute approximate surface area is 134 Å². The van der Waals surface area contributed by atoms with Crippen molar-refractivity contribution in [2.75, 3.05) is 11.9 Å². The Morgan fingerprint density at radius 1 is 1.35 bits per heavy atom. The van der Waals surface area contributed by atoms with Crippen molar-refractivity contribution in [1.82, 2.24) is 15.1 Å². The average molecular weight is 320 g/mol. The molecule has 2 rings (SSSR count). The Kier molecular flexibility index (Phi) is 5.56. The summed E-state index contributed by atoms with van der Waals surface area (Å²) >= 11 is 0. The minimum absolute atomic E-state index is 0.167. The van der Waals surface area contributed by atoms with E-state index in [1.807, 2.05) is 13.8 Å². The highest BCUT2D eigenvalue weighted by Gasteiger charge is 2.10. The molecule has 1 aromatic carbocycles. The van der Waals surface area contributed by atoms with E-state index >= 15 is 0 Å². The summed E-state index contributed by atoms with van der Waals surface area (Å²) in [6, 6.07) is 6.02. The van der Waals surface area contributed by atoms with Gasteiger partial charge in [0, 0.05) is 12.2 Å². The molecule has 23 heavy (non-hydrogen) atoms. The molecule has 0 saturated heterocycles. The number of hydrogen-bond acceptors (Lipinski definition) is 3. The molecule has 0 unspecified atom stereocenters. The van der Waals surface area contributed by atoms with E-state index in [1.165, 1.54) is 6.07 Å². The standard InChI is InChI=1S/C16H21FN4O2/c1-11(2)21-10-13(9-19-21)20-16(22)18-8-12(3)23-15-7-5-4-6-14(15)17/h4-7,9-12H,8H2,1-3H3,(H2,18,20,22)/t12-/m1/s1. The zero-order valence-corrected chi connectivity index (χ0v) is 13.4. The number of nitrogens with zero attached hydrogens (tertiary/aromatic N) is 2. The summed E-state index contributed by atoms with van der Waals surface area (Å²) < 4.78 is 20.7. The lowest BCUT2D eigenvalue weighted by Gasteiger charge is -2.16. The van der Waals surface area contributed by atoms with Crippen LogP contribution in [0.4, 0.5) is 14.9 Å². The SMILES string of the molecule is CC(C)n1cc(NC(=O)NC[C@@H](C)Oc2ccccc2F)cn1. The molecule has 124 valence electrons. The van der Waals surface area contributed by atoms with Crippen LogP contribution in [-0.2, 0) is 0 Å². The van der Waals surface area contributed by atoms with Crippen molar-refractivity contribution in [3.63, 3.8) is 0 Å². The molecular weight excluding hydrogens is 299 g/mol. The topological polar surface area (TPSA) is 68.2 Å². The third kappa shape index (κ3) is 4.98. The van der Waals surface area contributed by atoms with E-state index in [9.17, 15) is 9.18 Å². The first-order chi connectivity index (χ1) is 11.0. The number of aromatic nitrogens is 2. The number of ether oxygens (including phenoxy) is 1. The van der Waals surface area contributed by atoms with E-state index in [-0.39, 0.29) is 30.5 Å². The highest BCUT2D eigenvalue weighted by atomic mass is 19.1. The molecule has 0 bridgehead atoms. The number of urea groups is 1. The molecule has 0 saturated carbocycles. The van der Waals surface area contributed by atoms with E-state index in [1.54, 1.807) is 42.2 Å². The number of carbonyl (C=O) groups excluding carboxylic acids is 1. The summed E-state index contributed by atoms with van der Waals surface area (Å²) in [6.45, 7) is 6.00. The van der Waals surface area contributed by atoms with E-state index in [4.69, 9.17) is 4.74 Å². The normalized spacial score (nSPS) is 12.0. The first kappa shape index (κ1) is 16.8. The summed E-state index contributed by atoms with van der Waals surface area (Å²) in [4.78, 5) is 11.8. The highest BCUT2D eigenvalue weighted by Crippen LogP contribution is 2.16. The largest absolute Gasteiger partial charge is 0.486 e. The maximum Gasteiger partial charge on any atom is 0.319 e. The Morgan fingerprint density at radius 3 is 2.74 bits per heavy atom. The monoisotopic (exact) mass is 320 g/mol. The number of anilines is 1. The van der Waals surface area contributed by atoms with Crippen molar-refractivity contribution < 1.29 is 13.9 Å². The van der Waals surface area contributed by atoms with Crippen molar-refractivity contribution in [1.29, 1.82) is 0 Å². The lowest BCUT2D eigenvalue weighted by molar-refractivity contribution is 0.205. The molecule has 0 aliphatic carbocycles. The molecule has 0 radical (unpaired) electrons. The second-order valence-electron chi connectivity index (χ2n) is 5.50. The predicted octanol–water partition coefficient (Wildman–Crippen LogP) is 3.19. The molecule has 1 aromatic heterocycles. The van der Waals surface area contributed by atoms with Gasteiger partial charge >= 0.3 is 6.03 Å². The smallest absolute Gasteiger partial charge is 0.319 e. The molecule has 0 spiro atoms. The van der Waals surface area contributed by atoms with E-state index in [2.05, 4.69) is 15.7 Å². The number of carbonyl (C=O) groups is 1. The van der Waals surface area contributed by atoms with Gasteiger partial charge in [0.15, 0.2) is 11.6 Å². The van der Waals surface area contributed by atoms with Crippen LogP contribution >= 0.6 is 0 Å². The van der Waals surface area contributed by atoms with Crippen LogP contribution in [0.3, 0.4) is 0 Å². The Hall–Kier alpha value is -2.57. The van der Waals surface area contributed by atoms with Crippen LogP contribution in [0.15, 0.2) is 36.7 Å². The summed E-state index contributed by atoms with van der Waals surface area (Å²) in [7, 11) is 0. The van der Waals surface area contributed by atoms with E-state index in [0.29, 0.717) is 5.69 Å². The van der Waals surface area contributed by atoms with E-state index in [0.717, 1.165) is 0 Å². The van der Waals surface area contributed by atoms with Gasteiger partial charge in [-0.1, -0.05) is 12.1 Å². The summed E-state index contributed by atoms with van der Waals surface area (Å²) in [5.74, 6) is -0.259. The fourth-order valence-electron chi connectivity index (χ4n) is 1.90. The number of benzene rings is 1. The first-order valence-electron chi connectivity index (χ1n) is 7.46. The van der Waals surface area contributed by atoms with Crippen LogP contribution < -0.4 is 15.4 Å². The number of amides is 2. The van der Waals surface area contributed by atoms with E-state index < -0.39 is 5.82 Å². The maximum atomic E-state index is 13.5. The lowest BCUT2D eigenvalue weighted by Crippen LogP contribution is -2.36. The van der Waals surface area contributed by atoms with Gasteiger partial charge in [0.2, 0.25) is 0 Å². The summed E-state index contributed by atoms with van der Waals surface area (Å²) in [5.41, 5.74) is 0.610. The molecule has 0 fully saturated rings. The van der Waals surface area contributed by atoms with Crippen LogP contribution in [-0.4, -0.2) is 28.5 Å². The van der Waals surface area contributed by atoms with Crippen molar-refractivity contribution in [2.45, 2.75) is 32.9 Å². The van der Waals surface area contributed by atoms with Gasteiger partial charge in [-0.3, -0.25) is 4.68 Å². The van der Waals surface area contributed by atoms with Crippen LogP contribution in [0, 0.1) is 5.82 Å². The maximum absolute atomic E-state index is 13.5. The summed E-state index contributed by atoms with van der Waals surface area (Å²) in [5, 5.41) is 9.50. The lowest BCUT2D eigenvalue weighted by atomic mass is 10.3. The molecule has 0 aliphatic heterocycles. The number of hydrogen-bond donors (Lipinski definition) is 2. The minimum Gasteiger partial charge on any atom is -0.486 e. The van der Waals surface area contributed by atoms with Crippen molar-refractivity contribution in [2.24, 2.45) is 0 Å². The van der Waals surface area contributed by atoms with Gasteiger partial charge in [0.1, 0.15) is 6.10 Å². The molecule has 1 heterocycles. The number of rotatable bonds is 6. The Bertz CT molecular complexity index is 657. The fraction of sp³-hybridized carbons (Fsp3) is 0.375. The Balaban J connectivity index is 1.78. The quantitative estimate of drug-likeness (QED) is 0.859. The number of halogens is 1. The molecular formula is C16H21FN4O2. The van der Waals surface area contributed by atoms with Gasteiger partial charge in [0.25, 0.3) is 0 Å². The molecule has 6 nitrogen and oxygen atoms in total. The number of para-hydroxylation sites is 1. The van der Waals surface area contributed by atoms with Crippen LogP contribution in [0.25, 0.3) is 0 Å². The number of nitrogens with one attached hydrogen (secondary N) is 2. The van der Waals surface area contributed by atoms with Gasteiger partial charge in [-0.25, -0.2) is 9.18 Å². The van der Waals surface area contributed by atoms with Crippen molar-refractivity contribution in [3.05, 3.63) is 42.5 Å². The second kappa shape index (κ2) is 7.62. The minimum atomic E-state index is -0.426. The molecule has 7 heteroatoms. The fourth-order valence-corrected chi connectivity index (χ4v) is 1.90. The second-order valence-corrected chi connectivity index (χ2v) is 5.50. The zero-order valence-electron chi connectivity index (χ0n) is 13.4. The zero-order chi connectivity index (χ0) is 16.8. The van der Waals surface area contributed by atoms with Crippen molar-refractivity contribution >= 4 is 11.7 Å². The molecule has 1 atom stereocenters. The van der Waals surface area contributed by atoms with Gasteiger partial charge < -0.3 is 15.4 Å². The molecule has 2 amide bonds.